The standard InChI is InChI=1S/C15H29NO3/c1-12(13-6-8-18-9-7-13)16-10-14(17)11-19-15-4-2-3-5-15/h12-17H,2-11H2,1H3. The zero-order valence-electron chi connectivity index (χ0n) is 12.1. The van der Waals surface area contributed by atoms with E-state index in [1.807, 2.05) is 0 Å². The van der Waals surface area contributed by atoms with Gasteiger partial charge in [-0.3, -0.25) is 0 Å². The third-order valence-electron chi connectivity index (χ3n) is 4.48. The summed E-state index contributed by atoms with van der Waals surface area (Å²) in [4.78, 5) is 0. The summed E-state index contributed by atoms with van der Waals surface area (Å²) in [6, 6.07) is 0.449. The number of ether oxygens (including phenoxy) is 2. The van der Waals surface area contributed by atoms with Gasteiger partial charge in [0.25, 0.3) is 0 Å². The van der Waals surface area contributed by atoms with E-state index >= 15 is 0 Å². The first-order chi connectivity index (χ1) is 9.25. The predicted molar refractivity (Wildman–Crippen MR) is 75.2 cm³/mol. The van der Waals surface area contributed by atoms with Crippen LogP contribution in [-0.4, -0.2) is 49.7 Å². The van der Waals surface area contributed by atoms with Gasteiger partial charge in [-0.05, 0) is 38.5 Å². The van der Waals surface area contributed by atoms with Gasteiger partial charge in [0.1, 0.15) is 0 Å². The molecule has 1 saturated heterocycles. The summed E-state index contributed by atoms with van der Waals surface area (Å²) in [5.74, 6) is 0.678. The minimum Gasteiger partial charge on any atom is -0.389 e. The van der Waals surface area contributed by atoms with Gasteiger partial charge in [0.15, 0.2) is 0 Å². The largest absolute Gasteiger partial charge is 0.389 e. The third kappa shape index (κ3) is 5.38. The van der Waals surface area contributed by atoms with Crippen molar-refractivity contribution in [2.75, 3.05) is 26.4 Å². The maximum absolute atomic E-state index is 9.94. The van der Waals surface area contributed by atoms with Crippen LogP contribution in [0, 0.1) is 5.92 Å². The van der Waals surface area contributed by atoms with Crippen LogP contribution in [0.1, 0.15) is 45.4 Å². The Balaban J connectivity index is 1.55. The SMILES string of the molecule is CC(NCC(O)COC1CCCC1)C1CCOCC1. The van der Waals surface area contributed by atoms with Crippen LogP contribution in [0.5, 0.6) is 0 Å². The smallest absolute Gasteiger partial charge is 0.0897 e. The van der Waals surface area contributed by atoms with E-state index in [9.17, 15) is 5.11 Å². The molecule has 4 nitrogen and oxygen atoms in total. The molecule has 0 spiro atoms. The molecule has 1 heterocycles. The van der Waals surface area contributed by atoms with E-state index in [1.54, 1.807) is 0 Å². The van der Waals surface area contributed by atoms with E-state index in [0.717, 1.165) is 26.1 Å². The van der Waals surface area contributed by atoms with Gasteiger partial charge in [-0.25, -0.2) is 0 Å². The number of hydrogen-bond acceptors (Lipinski definition) is 4. The van der Waals surface area contributed by atoms with Gasteiger partial charge in [0, 0.05) is 25.8 Å². The second-order valence-corrected chi connectivity index (χ2v) is 6.04. The average molecular weight is 271 g/mol. The number of rotatable bonds is 7. The number of aliphatic hydroxyl groups excluding tert-OH is 1. The van der Waals surface area contributed by atoms with E-state index in [2.05, 4.69) is 12.2 Å². The van der Waals surface area contributed by atoms with E-state index in [1.165, 1.54) is 25.7 Å². The van der Waals surface area contributed by atoms with Crippen LogP contribution in [0.3, 0.4) is 0 Å². The first-order valence-corrected chi connectivity index (χ1v) is 7.86. The minimum atomic E-state index is -0.386. The van der Waals surface area contributed by atoms with Crippen molar-refractivity contribution in [2.45, 2.75) is 63.7 Å². The Morgan fingerprint density at radius 3 is 2.58 bits per heavy atom. The summed E-state index contributed by atoms with van der Waals surface area (Å²) in [6.07, 6.45) is 7.15. The van der Waals surface area contributed by atoms with Crippen molar-refractivity contribution < 1.29 is 14.6 Å². The Hall–Kier alpha value is -0.160. The molecule has 2 N–H and O–H groups in total. The molecule has 0 aromatic carbocycles. The topological polar surface area (TPSA) is 50.7 Å². The molecule has 1 saturated carbocycles. The highest BCUT2D eigenvalue weighted by molar-refractivity contribution is 4.76. The van der Waals surface area contributed by atoms with Crippen LogP contribution in [0.2, 0.25) is 0 Å². The fraction of sp³-hybridized carbons (Fsp3) is 1.00. The summed E-state index contributed by atoms with van der Waals surface area (Å²) in [5, 5.41) is 13.4. The van der Waals surface area contributed by atoms with Crippen molar-refractivity contribution in [1.29, 1.82) is 0 Å². The van der Waals surface area contributed by atoms with Crippen molar-refractivity contribution in [2.24, 2.45) is 5.92 Å². The average Bonchev–Trinajstić information content (AvgIpc) is 2.96. The van der Waals surface area contributed by atoms with Crippen LogP contribution in [0.25, 0.3) is 0 Å². The van der Waals surface area contributed by atoms with Gasteiger partial charge in [-0.2, -0.15) is 0 Å². The molecule has 0 aromatic rings. The molecule has 0 aromatic heterocycles. The monoisotopic (exact) mass is 271 g/mol. The Morgan fingerprint density at radius 1 is 1.21 bits per heavy atom. The molecule has 1 aliphatic heterocycles. The molecule has 0 bridgehead atoms. The zero-order valence-corrected chi connectivity index (χ0v) is 12.1. The number of hydrogen-bond donors (Lipinski definition) is 2. The summed E-state index contributed by atoms with van der Waals surface area (Å²) < 4.78 is 11.1. The van der Waals surface area contributed by atoms with E-state index in [4.69, 9.17) is 9.47 Å². The molecule has 4 heteroatoms. The van der Waals surface area contributed by atoms with Crippen molar-refractivity contribution in [3.63, 3.8) is 0 Å². The molecular weight excluding hydrogens is 242 g/mol. The van der Waals surface area contributed by atoms with Crippen molar-refractivity contribution >= 4 is 0 Å². The van der Waals surface area contributed by atoms with Crippen LogP contribution < -0.4 is 5.32 Å². The molecule has 112 valence electrons. The van der Waals surface area contributed by atoms with Gasteiger partial charge in [0.2, 0.25) is 0 Å². The molecular formula is C15H29NO3. The van der Waals surface area contributed by atoms with Gasteiger partial charge in [-0.15, -0.1) is 0 Å². The third-order valence-corrected chi connectivity index (χ3v) is 4.48. The predicted octanol–water partition coefficient (Wildman–Crippen LogP) is 1.71. The highest BCUT2D eigenvalue weighted by Gasteiger charge is 2.21. The van der Waals surface area contributed by atoms with Gasteiger partial charge < -0.3 is 19.9 Å². The summed E-state index contributed by atoms with van der Waals surface area (Å²) in [6.45, 7) is 5.07. The van der Waals surface area contributed by atoms with Gasteiger partial charge >= 0.3 is 0 Å². The van der Waals surface area contributed by atoms with Crippen molar-refractivity contribution in [3.05, 3.63) is 0 Å². The van der Waals surface area contributed by atoms with Crippen LogP contribution >= 0.6 is 0 Å². The number of nitrogens with one attached hydrogen (secondary N) is 1. The number of aliphatic hydroxyl groups is 1. The van der Waals surface area contributed by atoms with Crippen LogP contribution in [-0.2, 0) is 9.47 Å². The molecule has 2 unspecified atom stereocenters. The normalized spacial score (nSPS) is 25.6. The van der Waals surface area contributed by atoms with Gasteiger partial charge in [0.05, 0.1) is 18.8 Å². The lowest BCUT2D eigenvalue weighted by molar-refractivity contribution is -0.00792. The summed E-state index contributed by atoms with van der Waals surface area (Å²) >= 11 is 0. The highest BCUT2D eigenvalue weighted by atomic mass is 16.5. The lowest BCUT2D eigenvalue weighted by atomic mass is 9.93. The molecule has 0 amide bonds. The van der Waals surface area contributed by atoms with Crippen molar-refractivity contribution in [1.82, 2.24) is 5.32 Å². The first-order valence-electron chi connectivity index (χ1n) is 7.86. The second-order valence-electron chi connectivity index (χ2n) is 6.04. The van der Waals surface area contributed by atoms with E-state index < -0.39 is 0 Å². The fourth-order valence-corrected chi connectivity index (χ4v) is 3.07. The lowest BCUT2D eigenvalue weighted by Gasteiger charge is -2.29. The van der Waals surface area contributed by atoms with E-state index in [-0.39, 0.29) is 6.10 Å². The molecule has 19 heavy (non-hydrogen) atoms. The Labute approximate surface area is 116 Å². The molecule has 2 aliphatic rings. The molecule has 0 radical (unpaired) electrons. The minimum absolute atomic E-state index is 0.386. The first kappa shape index (κ1) is 15.2. The van der Waals surface area contributed by atoms with E-state index in [0.29, 0.717) is 31.2 Å². The zero-order chi connectivity index (χ0) is 13.5. The Morgan fingerprint density at radius 2 is 1.89 bits per heavy atom. The highest BCUT2D eigenvalue weighted by Crippen LogP contribution is 2.21. The maximum atomic E-state index is 9.94. The van der Waals surface area contributed by atoms with Crippen molar-refractivity contribution in [3.8, 4) is 0 Å². The molecule has 1 aliphatic carbocycles. The maximum Gasteiger partial charge on any atom is 0.0897 e. The van der Waals surface area contributed by atoms with Crippen LogP contribution in [0.4, 0.5) is 0 Å². The lowest BCUT2D eigenvalue weighted by Crippen LogP contribution is -2.41. The molecule has 2 atom stereocenters. The van der Waals surface area contributed by atoms with Gasteiger partial charge in [-0.1, -0.05) is 12.8 Å². The second kappa shape index (κ2) is 8.20. The Kier molecular flexibility index (Phi) is 6.57. The van der Waals surface area contributed by atoms with Crippen LogP contribution in [0.15, 0.2) is 0 Å². The molecule has 2 fully saturated rings. The fourth-order valence-electron chi connectivity index (χ4n) is 3.07. The Bertz CT molecular complexity index is 238. The molecule has 2 rings (SSSR count). The quantitative estimate of drug-likeness (QED) is 0.740. The summed E-state index contributed by atoms with van der Waals surface area (Å²) in [5.41, 5.74) is 0. The summed E-state index contributed by atoms with van der Waals surface area (Å²) in [7, 11) is 0.